The Balaban J connectivity index is 2.50. The molecule has 1 aromatic carbocycles. The number of esters is 1. The molecule has 2 rings (SSSR count). The van der Waals surface area contributed by atoms with Crippen LogP contribution in [0.4, 0.5) is 0 Å². The molecule has 0 spiro atoms. The van der Waals surface area contributed by atoms with Crippen LogP contribution in [-0.4, -0.2) is 34.6 Å². The molecule has 1 heterocycles. The number of carbonyl (C=O) groups excluding carboxylic acids is 2. The van der Waals surface area contributed by atoms with Gasteiger partial charge in [0.2, 0.25) is 5.91 Å². The molecule has 1 N–H and O–H groups in total. The number of methoxy groups -OCH3 is 1. The van der Waals surface area contributed by atoms with Gasteiger partial charge in [0.1, 0.15) is 0 Å². The quantitative estimate of drug-likeness (QED) is 0.871. The first-order chi connectivity index (χ1) is 9.93. The predicted molar refractivity (Wildman–Crippen MR) is 75.5 cm³/mol. The Bertz CT molecular complexity index is 729. The number of carbonyl (C=O) groups is 3. The summed E-state index contributed by atoms with van der Waals surface area (Å²) in [6.45, 7) is 1.40. The van der Waals surface area contributed by atoms with Crippen molar-refractivity contribution < 1.29 is 24.2 Å². The lowest BCUT2D eigenvalue weighted by molar-refractivity contribution is -0.140. The molecule has 0 saturated heterocycles. The third kappa shape index (κ3) is 2.94. The summed E-state index contributed by atoms with van der Waals surface area (Å²) in [5.74, 6) is -1.64. The lowest BCUT2D eigenvalue weighted by Crippen LogP contribution is -2.11. The Labute approximate surface area is 120 Å². The average Bonchev–Trinajstić information content (AvgIpc) is 2.81. The summed E-state index contributed by atoms with van der Waals surface area (Å²) in [6, 6.07) is 6.38. The molecule has 110 valence electrons. The highest BCUT2D eigenvalue weighted by molar-refractivity contribution is 5.98. The van der Waals surface area contributed by atoms with Gasteiger partial charge in [-0.05, 0) is 24.6 Å². The number of hydrogen-bond donors (Lipinski definition) is 1. The van der Waals surface area contributed by atoms with Crippen molar-refractivity contribution in [2.24, 2.45) is 0 Å². The Morgan fingerprint density at radius 3 is 2.52 bits per heavy atom. The van der Waals surface area contributed by atoms with E-state index < -0.39 is 5.97 Å². The third-order valence-electron chi connectivity index (χ3n) is 3.26. The number of aryl methyl sites for hydroxylation is 1. The summed E-state index contributed by atoms with van der Waals surface area (Å²) < 4.78 is 6.02. The zero-order chi connectivity index (χ0) is 15.6. The van der Waals surface area contributed by atoms with E-state index in [-0.39, 0.29) is 23.9 Å². The van der Waals surface area contributed by atoms with Gasteiger partial charge in [0, 0.05) is 18.0 Å². The van der Waals surface area contributed by atoms with E-state index >= 15 is 0 Å². The molecule has 6 heteroatoms. The highest BCUT2D eigenvalue weighted by Gasteiger charge is 2.15. The molecular weight excluding hydrogens is 274 g/mol. The number of fused-ring (bicyclic) bond motifs is 1. The standard InChI is InChI=1S/C15H15NO5/c1-9(17)16-12(5-6-14(18)21-2)7-10-3-4-11(15(19)20)8-13(10)16/h3-4,7-8H,5-6H2,1-2H3,(H,19,20). The van der Waals surface area contributed by atoms with Gasteiger partial charge < -0.3 is 9.84 Å². The minimum absolute atomic E-state index is 0.114. The maximum absolute atomic E-state index is 11.8. The smallest absolute Gasteiger partial charge is 0.335 e. The Morgan fingerprint density at radius 1 is 1.24 bits per heavy atom. The predicted octanol–water partition coefficient (Wildman–Crippen LogP) is 2.11. The van der Waals surface area contributed by atoms with Gasteiger partial charge in [0.15, 0.2) is 0 Å². The number of carboxylic acid groups (broad SMARTS) is 1. The fraction of sp³-hybridized carbons (Fsp3) is 0.267. The summed E-state index contributed by atoms with van der Waals surface area (Å²) in [7, 11) is 1.31. The summed E-state index contributed by atoms with van der Waals surface area (Å²) in [5.41, 5.74) is 1.30. The van der Waals surface area contributed by atoms with Crippen molar-refractivity contribution in [3.05, 3.63) is 35.5 Å². The number of nitrogens with zero attached hydrogens (tertiary/aromatic N) is 1. The topological polar surface area (TPSA) is 85.6 Å². The second-order valence-corrected chi connectivity index (χ2v) is 4.64. The van der Waals surface area contributed by atoms with Crippen molar-refractivity contribution in [2.75, 3.05) is 7.11 Å². The minimum Gasteiger partial charge on any atom is -0.478 e. The highest BCUT2D eigenvalue weighted by atomic mass is 16.5. The first-order valence-electron chi connectivity index (χ1n) is 6.39. The number of aromatic carboxylic acids is 1. The summed E-state index contributed by atoms with van der Waals surface area (Å²) in [6.07, 6.45) is 0.509. The van der Waals surface area contributed by atoms with E-state index in [1.54, 1.807) is 12.1 Å². The SMILES string of the molecule is COC(=O)CCc1cc2ccc(C(=O)O)cc2n1C(C)=O. The third-order valence-corrected chi connectivity index (χ3v) is 3.26. The van der Waals surface area contributed by atoms with Gasteiger partial charge in [-0.3, -0.25) is 14.2 Å². The molecule has 0 aliphatic rings. The van der Waals surface area contributed by atoms with E-state index in [9.17, 15) is 14.4 Å². The Kier molecular flexibility index (Phi) is 4.07. The molecule has 0 bridgehead atoms. The maximum Gasteiger partial charge on any atom is 0.335 e. The molecule has 0 unspecified atom stereocenters. The second kappa shape index (κ2) is 5.78. The van der Waals surface area contributed by atoms with E-state index in [0.29, 0.717) is 17.6 Å². The van der Waals surface area contributed by atoms with Crippen molar-refractivity contribution in [2.45, 2.75) is 19.8 Å². The molecule has 1 aromatic heterocycles. The zero-order valence-electron chi connectivity index (χ0n) is 11.8. The van der Waals surface area contributed by atoms with Crippen LogP contribution in [0.15, 0.2) is 24.3 Å². The molecule has 0 atom stereocenters. The van der Waals surface area contributed by atoms with Crippen LogP contribution in [-0.2, 0) is 16.0 Å². The van der Waals surface area contributed by atoms with Gasteiger partial charge in [-0.25, -0.2) is 4.79 Å². The van der Waals surface area contributed by atoms with E-state index in [1.165, 1.54) is 30.7 Å². The molecule has 0 fully saturated rings. The van der Waals surface area contributed by atoms with Crippen molar-refractivity contribution in [3.63, 3.8) is 0 Å². The van der Waals surface area contributed by atoms with Crippen molar-refractivity contribution in [3.8, 4) is 0 Å². The first kappa shape index (κ1) is 14.8. The summed E-state index contributed by atoms with van der Waals surface area (Å²) in [5, 5.41) is 9.79. The number of carboxylic acids is 1. The van der Waals surface area contributed by atoms with Crippen LogP contribution >= 0.6 is 0 Å². The molecule has 21 heavy (non-hydrogen) atoms. The first-order valence-corrected chi connectivity index (χ1v) is 6.39. The lowest BCUT2D eigenvalue weighted by Gasteiger charge is -2.06. The van der Waals surface area contributed by atoms with Crippen molar-refractivity contribution in [1.82, 2.24) is 4.57 Å². The van der Waals surface area contributed by atoms with E-state index in [2.05, 4.69) is 4.74 Å². The van der Waals surface area contributed by atoms with Crippen LogP contribution in [0.3, 0.4) is 0 Å². The molecule has 0 radical (unpaired) electrons. The van der Waals surface area contributed by atoms with Crippen LogP contribution in [0.5, 0.6) is 0 Å². The number of aromatic nitrogens is 1. The van der Waals surface area contributed by atoms with Crippen LogP contribution in [0.25, 0.3) is 10.9 Å². The molecule has 0 aliphatic heterocycles. The average molecular weight is 289 g/mol. The fourth-order valence-electron chi connectivity index (χ4n) is 2.28. The zero-order valence-corrected chi connectivity index (χ0v) is 11.8. The monoisotopic (exact) mass is 289 g/mol. The number of ether oxygens (including phenoxy) is 1. The normalized spacial score (nSPS) is 10.6. The maximum atomic E-state index is 11.8. The molecule has 0 aliphatic carbocycles. The van der Waals surface area contributed by atoms with Gasteiger partial charge in [-0.2, -0.15) is 0 Å². The number of hydrogen-bond acceptors (Lipinski definition) is 4. The molecule has 2 aromatic rings. The summed E-state index contributed by atoms with van der Waals surface area (Å²) >= 11 is 0. The largest absolute Gasteiger partial charge is 0.478 e. The lowest BCUT2D eigenvalue weighted by atomic mass is 10.1. The minimum atomic E-state index is -1.05. The second-order valence-electron chi connectivity index (χ2n) is 4.64. The molecule has 0 saturated carbocycles. The van der Waals surface area contributed by atoms with Crippen LogP contribution in [0.1, 0.15) is 34.2 Å². The van der Waals surface area contributed by atoms with Crippen LogP contribution in [0.2, 0.25) is 0 Å². The summed E-state index contributed by atoms with van der Waals surface area (Å²) in [4.78, 5) is 34.1. The van der Waals surface area contributed by atoms with Crippen molar-refractivity contribution >= 4 is 28.7 Å². The van der Waals surface area contributed by atoms with Crippen LogP contribution in [0, 0.1) is 0 Å². The van der Waals surface area contributed by atoms with Gasteiger partial charge >= 0.3 is 11.9 Å². The molecule has 6 nitrogen and oxygen atoms in total. The fourth-order valence-corrected chi connectivity index (χ4v) is 2.28. The highest BCUT2D eigenvalue weighted by Crippen LogP contribution is 2.22. The van der Waals surface area contributed by atoms with Crippen molar-refractivity contribution in [1.29, 1.82) is 0 Å². The van der Waals surface area contributed by atoms with Gasteiger partial charge in [-0.1, -0.05) is 6.07 Å². The Morgan fingerprint density at radius 2 is 1.95 bits per heavy atom. The van der Waals surface area contributed by atoms with E-state index in [1.807, 2.05) is 0 Å². The van der Waals surface area contributed by atoms with E-state index in [0.717, 1.165) is 5.39 Å². The van der Waals surface area contributed by atoms with E-state index in [4.69, 9.17) is 5.11 Å². The Hall–Kier alpha value is -2.63. The number of rotatable bonds is 4. The van der Waals surface area contributed by atoms with Crippen LogP contribution < -0.4 is 0 Å². The molecular formula is C15H15NO5. The number of benzene rings is 1. The van der Waals surface area contributed by atoms with Gasteiger partial charge in [-0.15, -0.1) is 0 Å². The van der Waals surface area contributed by atoms with Gasteiger partial charge in [0.05, 0.1) is 24.6 Å². The van der Waals surface area contributed by atoms with Gasteiger partial charge in [0.25, 0.3) is 0 Å². The molecule has 0 amide bonds.